The molecule has 0 radical (unpaired) electrons. The van der Waals surface area contributed by atoms with Crippen molar-refractivity contribution >= 4 is 0 Å². The molecule has 1 aromatic heterocycles. The van der Waals surface area contributed by atoms with Gasteiger partial charge in [0.1, 0.15) is 18.7 Å². The minimum Gasteiger partial charge on any atom is -0.379 e. The molecule has 3 unspecified atom stereocenters. The Morgan fingerprint density at radius 2 is 1.65 bits per heavy atom. The van der Waals surface area contributed by atoms with Crippen LogP contribution in [0.3, 0.4) is 0 Å². The molecule has 0 bridgehead atoms. The van der Waals surface area contributed by atoms with Gasteiger partial charge < -0.3 is 15.3 Å². The lowest BCUT2D eigenvalue weighted by atomic mass is 10.3. The number of hydrogen-bond acceptors (Lipinski definition) is 6. The fraction of sp³-hybridized carbons (Fsp3) is 0.643. The molecule has 0 spiro atoms. The maximum absolute atomic E-state index is 9.82. The van der Waals surface area contributed by atoms with E-state index < -0.39 is 18.7 Å². The number of rotatable bonds is 8. The fourth-order valence-corrected chi connectivity index (χ4v) is 2.03. The van der Waals surface area contributed by atoms with Crippen molar-refractivity contribution in [3.8, 4) is 0 Å². The van der Waals surface area contributed by atoms with Gasteiger partial charge in [0.25, 0.3) is 0 Å². The third-order valence-electron chi connectivity index (χ3n) is 3.23. The molecule has 1 heterocycles. The highest BCUT2D eigenvalue weighted by atomic mass is 16.3. The summed E-state index contributed by atoms with van der Waals surface area (Å²) in [6, 6.07) is 5.65. The van der Waals surface area contributed by atoms with Crippen molar-refractivity contribution < 1.29 is 15.3 Å². The summed E-state index contributed by atoms with van der Waals surface area (Å²) in [6.07, 6.45) is -0.378. The summed E-state index contributed by atoms with van der Waals surface area (Å²) in [5.41, 5.74) is 0.869. The molecular weight excluding hydrogens is 258 g/mol. The van der Waals surface area contributed by atoms with E-state index >= 15 is 0 Å². The minimum absolute atomic E-state index is 0.451. The molecule has 0 aromatic carbocycles. The molecule has 0 aliphatic carbocycles. The third kappa shape index (κ3) is 5.52. The predicted molar refractivity (Wildman–Crippen MR) is 76.4 cm³/mol. The molecule has 20 heavy (non-hydrogen) atoms. The first kappa shape index (κ1) is 17.0. The van der Waals surface area contributed by atoms with E-state index in [-0.39, 0.29) is 0 Å². The average Bonchev–Trinajstić information content (AvgIpc) is 2.37. The van der Waals surface area contributed by atoms with Crippen LogP contribution in [0.5, 0.6) is 0 Å². The largest absolute Gasteiger partial charge is 0.379 e. The first-order valence-corrected chi connectivity index (χ1v) is 6.85. The summed E-state index contributed by atoms with van der Waals surface area (Å²) >= 11 is 0. The molecule has 0 fully saturated rings. The summed E-state index contributed by atoms with van der Waals surface area (Å²) in [5, 5.41) is 29.0. The SMILES string of the molecule is CC(O)N(CCN(C(C)O)C(C)O)Cc1ccccn1. The molecule has 0 aliphatic heterocycles. The fourth-order valence-electron chi connectivity index (χ4n) is 2.03. The van der Waals surface area contributed by atoms with Gasteiger partial charge in [-0.05, 0) is 32.9 Å². The topological polar surface area (TPSA) is 80.1 Å². The highest BCUT2D eigenvalue weighted by molar-refractivity contribution is 5.03. The van der Waals surface area contributed by atoms with Crippen LogP contribution in [-0.2, 0) is 6.54 Å². The van der Waals surface area contributed by atoms with E-state index in [0.717, 1.165) is 5.69 Å². The van der Waals surface area contributed by atoms with Crippen LogP contribution in [-0.4, -0.2) is 61.9 Å². The molecule has 0 saturated heterocycles. The zero-order valence-corrected chi connectivity index (χ0v) is 12.3. The summed E-state index contributed by atoms with van der Waals surface area (Å²) in [5.74, 6) is 0. The lowest BCUT2D eigenvalue weighted by Gasteiger charge is -2.32. The first-order valence-electron chi connectivity index (χ1n) is 6.85. The molecule has 3 atom stereocenters. The molecule has 0 aliphatic rings. The van der Waals surface area contributed by atoms with E-state index in [9.17, 15) is 15.3 Å². The van der Waals surface area contributed by atoms with Crippen LogP contribution in [0.15, 0.2) is 24.4 Å². The Morgan fingerprint density at radius 3 is 2.10 bits per heavy atom. The Kier molecular flexibility index (Phi) is 7.04. The molecule has 6 nitrogen and oxygen atoms in total. The van der Waals surface area contributed by atoms with Crippen LogP contribution in [0.4, 0.5) is 0 Å². The lowest BCUT2D eigenvalue weighted by Crippen LogP contribution is -2.46. The standard InChI is InChI=1S/C14H25N3O3/c1-11(18)16(10-14-6-4-5-7-15-14)8-9-17(12(2)19)13(3)20/h4-7,11-13,18-20H,8-10H2,1-3H3. The van der Waals surface area contributed by atoms with Crippen molar-refractivity contribution in [3.63, 3.8) is 0 Å². The second-order valence-corrected chi connectivity index (χ2v) is 4.92. The monoisotopic (exact) mass is 283 g/mol. The average molecular weight is 283 g/mol. The second kappa shape index (κ2) is 8.28. The van der Waals surface area contributed by atoms with E-state index in [1.165, 1.54) is 0 Å². The Bertz CT molecular complexity index is 363. The summed E-state index contributed by atoms with van der Waals surface area (Å²) < 4.78 is 0. The van der Waals surface area contributed by atoms with Gasteiger partial charge in [0.05, 0.1) is 5.69 Å². The van der Waals surface area contributed by atoms with Crippen LogP contribution in [0, 0.1) is 0 Å². The van der Waals surface area contributed by atoms with Crippen molar-refractivity contribution in [2.75, 3.05) is 13.1 Å². The van der Waals surface area contributed by atoms with E-state index in [2.05, 4.69) is 4.98 Å². The van der Waals surface area contributed by atoms with Gasteiger partial charge in [-0.1, -0.05) is 6.07 Å². The number of aliphatic hydroxyl groups is 3. The van der Waals surface area contributed by atoms with E-state index in [4.69, 9.17) is 0 Å². The van der Waals surface area contributed by atoms with E-state index in [1.54, 1.807) is 31.9 Å². The van der Waals surface area contributed by atoms with Gasteiger partial charge in [-0.3, -0.25) is 14.8 Å². The van der Waals surface area contributed by atoms with Crippen LogP contribution in [0.1, 0.15) is 26.5 Å². The predicted octanol–water partition coefficient (Wildman–Crippen LogP) is 0.200. The normalized spacial score (nSPS) is 16.4. The molecular formula is C14H25N3O3. The molecule has 3 N–H and O–H groups in total. The summed E-state index contributed by atoms with van der Waals surface area (Å²) in [4.78, 5) is 7.62. The Balaban J connectivity index is 2.59. The second-order valence-electron chi connectivity index (χ2n) is 4.92. The van der Waals surface area contributed by atoms with E-state index in [1.807, 2.05) is 23.1 Å². The highest BCUT2D eigenvalue weighted by Crippen LogP contribution is 2.07. The molecule has 0 amide bonds. The van der Waals surface area contributed by atoms with Crippen LogP contribution in [0.2, 0.25) is 0 Å². The van der Waals surface area contributed by atoms with Crippen molar-refractivity contribution in [1.29, 1.82) is 0 Å². The Morgan fingerprint density at radius 1 is 1.00 bits per heavy atom. The molecule has 114 valence electrons. The third-order valence-corrected chi connectivity index (χ3v) is 3.23. The number of aliphatic hydroxyl groups excluding tert-OH is 3. The van der Waals surface area contributed by atoms with Crippen LogP contribution >= 0.6 is 0 Å². The van der Waals surface area contributed by atoms with Gasteiger partial charge in [-0.2, -0.15) is 0 Å². The summed E-state index contributed by atoms with van der Waals surface area (Å²) in [7, 11) is 0. The number of nitrogens with zero attached hydrogens (tertiary/aromatic N) is 3. The van der Waals surface area contributed by atoms with Crippen molar-refractivity contribution in [2.24, 2.45) is 0 Å². The highest BCUT2D eigenvalue weighted by Gasteiger charge is 2.19. The maximum Gasteiger partial charge on any atom is 0.106 e. The van der Waals surface area contributed by atoms with Crippen molar-refractivity contribution in [3.05, 3.63) is 30.1 Å². The molecule has 6 heteroatoms. The van der Waals surface area contributed by atoms with Gasteiger partial charge in [-0.15, -0.1) is 0 Å². The zero-order chi connectivity index (χ0) is 15.1. The van der Waals surface area contributed by atoms with Crippen molar-refractivity contribution in [2.45, 2.75) is 46.0 Å². The van der Waals surface area contributed by atoms with Gasteiger partial charge in [0, 0.05) is 25.8 Å². The van der Waals surface area contributed by atoms with Gasteiger partial charge in [0.2, 0.25) is 0 Å². The summed E-state index contributed by atoms with van der Waals surface area (Å²) in [6.45, 7) is 6.40. The minimum atomic E-state index is -0.735. The molecule has 1 rings (SSSR count). The van der Waals surface area contributed by atoms with Gasteiger partial charge in [0.15, 0.2) is 0 Å². The van der Waals surface area contributed by atoms with Crippen LogP contribution < -0.4 is 0 Å². The van der Waals surface area contributed by atoms with Crippen LogP contribution in [0.25, 0.3) is 0 Å². The Hall–Kier alpha value is -1.05. The maximum atomic E-state index is 9.82. The smallest absolute Gasteiger partial charge is 0.106 e. The number of pyridine rings is 1. The number of aromatic nitrogens is 1. The quantitative estimate of drug-likeness (QED) is 0.592. The molecule has 1 aromatic rings. The van der Waals surface area contributed by atoms with E-state index in [0.29, 0.717) is 19.6 Å². The van der Waals surface area contributed by atoms with Crippen molar-refractivity contribution in [1.82, 2.24) is 14.8 Å². The number of hydrogen-bond donors (Lipinski definition) is 3. The lowest BCUT2D eigenvalue weighted by molar-refractivity contribution is -0.0940. The zero-order valence-electron chi connectivity index (χ0n) is 12.3. The molecule has 0 saturated carbocycles. The van der Waals surface area contributed by atoms with Gasteiger partial charge in [-0.25, -0.2) is 0 Å². The first-order chi connectivity index (χ1) is 9.41. The van der Waals surface area contributed by atoms with Gasteiger partial charge >= 0.3 is 0 Å². The Labute approximate surface area is 120 Å².